The van der Waals surface area contributed by atoms with Gasteiger partial charge in [-0.3, -0.25) is 14.5 Å². The van der Waals surface area contributed by atoms with Crippen LogP contribution >= 0.6 is 0 Å². The smallest absolute Gasteiger partial charge is 0.255 e. The van der Waals surface area contributed by atoms with Gasteiger partial charge in [-0.25, -0.2) is 0 Å². The number of nitrogens with zero attached hydrogens (tertiary/aromatic N) is 2. The van der Waals surface area contributed by atoms with Crippen LogP contribution in [0.4, 0.5) is 17.2 Å². The van der Waals surface area contributed by atoms with Crippen molar-refractivity contribution in [2.24, 2.45) is 0 Å². The Hall–Kier alpha value is -4.41. The first-order chi connectivity index (χ1) is 19.4. The van der Waals surface area contributed by atoms with Crippen molar-refractivity contribution in [2.45, 2.75) is 25.8 Å². The molecule has 0 saturated carbocycles. The van der Waals surface area contributed by atoms with Gasteiger partial charge in [0.25, 0.3) is 5.91 Å². The summed E-state index contributed by atoms with van der Waals surface area (Å²) in [5.74, 6) is 1.79. The van der Waals surface area contributed by atoms with Gasteiger partial charge in [0.05, 0.1) is 18.7 Å². The molecule has 0 radical (unpaired) electrons. The lowest BCUT2D eigenvalue weighted by atomic mass is 10.1. The Morgan fingerprint density at radius 2 is 1.93 bits per heavy atom. The largest absolute Gasteiger partial charge is 0.460 e. The Balaban J connectivity index is 1.23. The molecule has 0 aliphatic carbocycles. The highest BCUT2D eigenvalue weighted by atomic mass is 16.5. The van der Waals surface area contributed by atoms with E-state index in [1.165, 1.54) is 0 Å². The van der Waals surface area contributed by atoms with Crippen molar-refractivity contribution in [2.75, 3.05) is 44.5 Å². The minimum Gasteiger partial charge on any atom is -0.460 e. The number of carbonyl (C=O) groups is 2. The quantitative estimate of drug-likeness (QED) is 0.253. The van der Waals surface area contributed by atoms with Crippen LogP contribution in [0.1, 0.15) is 29.0 Å². The maximum atomic E-state index is 12.7. The molecule has 1 saturated heterocycles. The number of pyridine rings is 1. The Morgan fingerprint density at radius 1 is 1.10 bits per heavy atom. The Morgan fingerprint density at radius 3 is 2.75 bits per heavy atom. The van der Waals surface area contributed by atoms with Crippen molar-refractivity contribution in [1.82, 2.24) is 15.2 Å². The van der Waals surface area contributed by atoms with Gasteiger partial charge in [-0.1, -0.05) is 12.1 Å². The van der Waals surface area contributed by atoms with E-state index in [1.54, 1.807) is 45.3 Å². The fourth-order valence-corrected chi connectivity index (χ4v) is 5.02. The molecule has 4 aromatic rings. The summed E-state index contributed by atoms with van der Waals surface area (Å²) in [5, 5.41) is 9.62. The van der Waals surface area contributed by atoms with Gasteiger partial charge in [-0.05, 0) is 62.7 Å². The van der Waals surface area contributed by atoms with Crippen molar-refractivity contribution < 1.29 is 23.5 Å². The average Bonchev–Trinajstić information content (AvgIpc) is 3.51. The van der Waals surface area contributed by atoms with Crippen molar-refractivity contribution in [3.8, 4) is 11.6 Å². The average molecular weight is 544 g/mol. The van der Waals surface area contributed by atoms with E-state index in [0.29, 0.717) is 53.2 Å². The van der Waals surface area contributed by atoms with E-state index in [2.05, 4.69) is 25.8 Å². The van der Waals surface area contributed by atoms with Gasteiger partial charge in [0.1, 0.15) is 22.9 Å². The topological polar surface area (TPSA) is 118 Å². The van der Waals surface area contributed by atoms with Crippen LogP contribution in [0.5, 0.6) is 11.6 Å². The zero-order chi connectivity index (χ0) is 28.1. The molecule has 2 aromatic carbocycles. The number of methoxy groups -OCH3 is 1. The highest BCUT2D eigenvalue weighted by Crippen LogP contribution is 2.31. The summed E-state index contributed by atoms with van der Waals surface area (Å²) < 4.78 is 17.1. The highest BCUT2D eigenvalue weighted by molar-refractivity contribution is 6.07. The third kappa shape index (κ3) is 6.24. The molecular weight excluding hydrogens is 510 g/mol. The van der Waals surface area contributed by atoms with Crippen LogP contribution in [0.15, 0.2) is 65.1 Å². The number of rotatable bonds is 10. The molecule has 1 fully saturated rings. The third-order valence-corrected chi connectivity index (χ3v) is 6.86. The number of fused-ring (bicyclic) bond motifs is 1. The first-order valence-corrected chi connectivity index (χ1v) is 13.2. The zero-order valence-corrected chi connectivity index (χ0v) is 22.8. The number of likely N-dealkylation sites (tertiary alicyclic amines) is 1. The molecule has 5 rings (SSSR count). The first-order valence-electron chi connectivity index (χ1n) is 13.2. The molecule has 10 nitrogen and oxygen atoms in total. The summed E-state index contributed by atoms with van der Waals surface area (Å²) in [5.41, 5.74) is 2.54. The van der Waals surface area contributed by atoms with Crippen molar-refractivity contribution in [3.63, 3.8) is 0 Å². The van der Waals surface area contributed by atoms with E-state index in [1.807, 2.05) is 36.4 Å². The number of benzene rings is 2. The van der Waals surface area contributed by atoms with Gasteiger partial charge >= 0.3 is 0 Å². The Bertz CT molecular complexity index is 1520. The maximum Gasteiger partial charge on any atom is 0.255 e. The van der Waals surface area contributed by atoms with Crippen molar-refractivity contribution in [1.29, 1.82) is 0 Å². The first kappa shape index (κ1) is 27.2. The fraction of sp³-hybridized carbons (Fsp3) is 0.300. The molecule has 3 N–H and O–H groups in total. The van der Waals surface area contributed by atoms with Gasteiger partial charge in [0, 0.05) is 49.1 Å². The monoisotopic (exact) mass is 543 g/mol. The lowest BCUT2D eigenvalue weighted by Crippen LogP contribution is -2.38. The number of aryl methyl sites for hydroxylation is 1. The van der Waals surface area contributed by atoms with Crippen LogP contribution in [-0.4, -0.2) is 61.6 Å². The minimum absolute atomic E-state index is 0.0557. The molecule has 208 valence electrons. The second-order valence-corrected chi connectivity index (χ2v) is 9.71. The molecule has 0 unspecified atom stereocenters. The number of hydrogen-bond donors (Lipinski definition) is 3. The van der Waals surface area contributed by atoms with E-state index < -0.39 is 0 Å². The Labute approximate surface area is 232 Å². The second kappa shape index (κ2) is 12.2. The van der Waals surface area contributed by atoms with E-state index in [4.69, 9.17) is 13.9 Å². The molecule has 3 heterocycles. The minimum atomic E-state index is -0.198. The van der Waals surface area contributed by atoms with Crippen LogP contribution in [0.3, 0.4) is 0 Å². The summed E-state index contributed by atoms with van der Waals surface area (Å²) in [7, 11) is 3.28. The molecule has 40 heavy (non-hydrogen) atoms. The number of carbonyl (C=O) groups excluding carboxylic acids is 2. The highest BCUT2D eigenvalue weighted by Gasteiger charge is 2.26. The summed E-state index contributed by atoms with van der Waals surface area (Å²) in [4.78, 5) is 31.6. The summed E-state index contributed by atoms with van der Waals surface area (Å²) in [6.45, 7) is 3.63. The van der Waals surface area contributed by atoms with Crippen LogP contribution in [0, 0.1) is 6.92 Å². The second-order valence-electron chi connectivity index (χ2n) is 9.71. The predicted molar refractivity (Wildman–Crippen MR) is 153 cm³/mol. The third-order valence-electron chi connectivity index (χ3n) is 6.86. The molecule has 1 aliphatic heterocycles. The zero-order valence-electron chi connectivity index (χ0n) is 22.8. The number of nitrogens with one attached hydrogen (secondary N) is 3. The van der Waals surface area contributed by atoms with Crippen LogP contribution in [-0.2, 0) is 9.53 Å². The van der Waals surface area contributed by atoms with Crippen LogP contribution in [0.25, 0.3) is 11.0 Å². The van der Waals surface area contributed by atoms with E-state index >= 15 is 0 Å². The molecule has 0 spiro atoms. The van der Waals surface area contributed by atoms with Crippen LogP contribution < -0.4 is 20.7 Å². The van der Waals surface area contributed by atoms with E-state index in [0.717, 1.165) is 30.5 Å². The van der Waals surface area contributed by atoms with Crippen molar-refractivity contribution in [3.05, 3.63) is 72.0 Å². The SMILES string of the molecule is CNC(=O)c1c(C)oc2cc(Oc3cccc(Nc4cccc(NC(=O)CN5CCC[C@@H]5COC)c4)n3)ccc12. The number of furan rings is 1. The van der Waals surface area contributed by atoms with Gasteiger partial charge in [0.2, 0.25) is 11.8 Å². The number of hydrogen-bond acceptors (Lipinski definition) is 8. The van der Waals surface area contributed by atoms with Gasteiger partial charge in [-0.15, -0.1) is 0 Å². The van der Waals surface area contributed by atoms with E-state index in [9.17, 15) is 9.59 Å². The number of amides is 2. The molecular formula is C30H33N5O5. The normalized spacial score (nSPS) is 15.2. The van der Waals surface area contributed by atoms with Gasteiger partial charge in [-0.2, -0.15) is 4.98 Å². The molecule has 1 aliphatic rings. The van der Waals surface area contributed by atoms with Gasteiger partial charge < -0.3 is 29.8 Å². The van der Waals surface area contributed by atoms with Crippen molar-refractivity contribution >= 4 is 40.0 Å². The summed E-state index contributed by atoms with van der Waals surface area (Å²) in [6, 6.07) is 18.5. The maximum absolute atomic E-state index is 12.7. The lowest BCUT2D eigenvalue weighted by molar-refractivity contribution is -0.117. The standard InChI is InChI=1S/C30H33N5O5/c1-19-29(30(37)31-2)24-13-12-23(16-25(24)39-19)40-28-11-5-10-26(34-28)32-20-7-4-8-21(15-20)33-27(36)17-35-14-6-9-22(35)18-38-3/h4-5,7-8,10-13,15-16,22H,6,9,14,17-18H2,1-3H3,(H,31,37)(H,32,34)(H,33,36)/t22-/m1/s1. The van der Waals surface area contributed by atoms with Gasteiger partial charge in [0.15, 0.2) is 0 Å². The lowest BCUT2D eigenvalue weighted by Gasteiger charge is -2.23. The molecule has 10 heteroatoms. The molecule has 1 atom stereocenters. The Kier molecular flexibility index (Phi) is 8.28. The van der Waals surface area contributed by atoms with E-state index in [-0.39, 0.29) is 17.9 Å². The number of ether oxygens (including phenoxy) is 2. The summed E-state index contributed by atoms with van der Waals surface area (Å²) in [6.07, 6.45) is 2.12. The summed E-state index contributed by atoms with van der Waals surface area (Å²) >= 11 is 0. The molecule has 2 amide bonds. The fourth-order valence-electron chi connectivity index (χ4n) is 5.02. The number of anilines is 3. The van der Waals surface area contributed by atoms with Crippen LogP contribution in [0.2, 0.25) is 0 Å². The predicted octanol–water partition coefficient (Wildman–Crippen LogP) is 5.08. The molecule has 0 bridgehead atoms. The number of aromatic nitrogens is 1. The molecule has 2 aromatic heterocycles.